The lowest BCUT2D eigenvalue weighted by Gasteiger charge is -2.52. The molecular formula is C19H22N2O2S. The molecule has 0 unspecified atom stereocenters. The summed E-state index contributed by atoms with van der Waals surface area (Å²) in [6.45, 7) is 2.44. The highest BCUT2D eigenvalue weighted by Gasteiger charge is 2.60. The van der Waals surface area contributed by atoms with E-state index in [0.717, 1.165) is 20.7 Å². The average Bonchev–Trinajstić information content (AvgIpc) is 3.27. The molecule has 6 rings (SSSR count). The second-order valence-corrected chi connectivity index (χ2v) is 8.48. The first kappa shape index (κ1) is 14.7. The van der Waals surface area contributed by atoms with E-state index in [2.05, 4.69) is 10.2 Å². The Morgan fingerprint density at radius 2 is 2.08 bits per heavy atom. The van der Waals surface area contributed by atoms with Crippen LogP contribution in [0.4, 0.5) is 0 Å². The fourth-order valence-corrected chi connectivity index (χ4v) is 5.74. The number of nitrogens with one attached hydrogen (secondary N) is 1. The van der Waals surface area contributed by atoms with Crippen molar-refractivity contribution in [2.75, 3.05) is 20.2 Å². The Morgan fingerprint density at radius 1 is 1.29 bits per heavy atom. The van der Waals surface area contributed by atoms with E-state index < -0.39 is 0 Å². The molecule has 1 aliphatic carbocycles. The van der Waals surface area contributed by atoms with Crippen molar-refractivity contribution in [2.24, 2.45) is 5.92 Å². The number of thiophene rings is 1. The average molecular weight is 342 g/mol. The molecule has 0 radical (unpaired) electrons. The van der Waals surface area contributed by atoms with Gasteiger partial charge in [-0.3, -0.25) is 9.69 Å². The maximum atomic E-state index is 12.9. The van der Waals surface area contributed by atoms with Crippen LogP contribution in [0.3, 0.4) is 0 Å². The summed E-state index contributed by atoms with van der Waals surface area (Å²) in [4.78, 5) is 16.3. The van der Waals surface area contributed by atoms with E-state index >= 15 is 0 Å². The zero-order chi connectivity index (χ0) is 16.3. The zero-order valence-electron chi connectivity index (χ0n) is 13.9. The second-order valence-electron chi connectivity index (χ2n) is 7.39. The molecule has 1 saturated carbocycles. The van der Waals surface area contributed by atoms with Crippen LogP contribution in [0.25, 0.3) is 10.1 Å². The van der Waals surface area contributed by atoms with E-state index in [4.69, 9.17) is 4.74 Å². The summed E-state index contributed by atoms with van der Waals surface area (Å²) in [5.41, 5.74) is 0.288. The quantitative estimate of drug-likeness (QED) is 0.931. The van der Waals surface area contributed by atoms with Crippen molar-refractivity contribution in [3.8, 4) is 5.75 Å². The highest BCUT2D eigenvalue weighted by molar-refractivity contribution is 7.20. The third-order valence-corrected chi connectivity index (χ3v) is 7.33. The number of carbonyl (C=O) groups excluding carboxylic acids is 1. The van der Waals surface area contributed by atoms with Gasteiger partial charge in [0, 0.05) is 10.2 Å². The van der Waals surface area contributed by atoms with Crippen LogP contribution < -0.4 is 10.1 Å². The molecule has 4 fully saturated rings. The number of carbonyl (C=O) groups is 1. The molecular weight excluding hydrogens is 320 g/mol. The Hall–Kier alpha value is -1.59. The maximum Gasteiger partial charge on any atom is 0.261 e. The Labute approximate surface area is 145 Å². The van der Waals surface area contributed by atoms with Crippen LogP contribution in [-0.4, -0.2) is 42.6 Å². The van der Waals surface area contributed by atoms with Gasteiger partial charge in [-0.15, -0.1) is 11.3 Å². The molecule has 1 atom stereocenters. The molecule has 126 valence electrons. The summed E-state index contributed by atoms with van der Waals surface area (Å²) in [6.07, 6.45) is 4.96. The van der Waals surface area contributed by atoms with Gasteiger partial charge in [0.15, 0.2) is 0 Å². The molecule has 1 spiro atoms. The first-order valence-corrected chi connectivity index (χ1v) is 9.65. The lowest BCUT2D eigenvalue weighted by Crippen LogP contribution is -2.65. The van der Waals surface area contributed by atoms with E-state index in [1.807, 2.05) is 24.3 Å². The lowest BCUT2D eigenvalue weighted by molar-refractivity contribution is -0.00138. The van der Waals surface area contributed by atoms with Crippen LogP contribution in [0.15, 0.2) is 24.3 Å². The van der Waals surface area contributed by atoms with Gasteiger partial charge in [0.1, 0.15) is 5.75 Å². The number of hydrogen-bond donors (Lipinski definition) is 1. The molecule has 24 heavy (non-hydrogen) atoms. The summed E-state index contributed by atoms with van der Waals surface area (Å²) in [6, 6.07) is 8.32. The van der Waals surface area contributed by atoms with Gasteiger partial charge in [0.05, 0.1) is 18.0 Å². The number of piperidine rings is 3. The molecule has 3 aliphatic heterocycles. The Bertz CT molecular complexity index is 803. The molecule has 1 aromatic heterocycles. The van der Waals surface area contributed by atoms with E-state index in [1.54, 1.807) is 18.4 Å². The van der Waals surface area contributed by atoms with Crippen molar-refractivity contribution < 1.29 is 9.53 Å². The van der Waals surface area contributed by atoms with Gasteiger partial charge in [-0.1, -0.05) is 0 Å². The molecule has 1 aromatic carbocycles. The standard InChI is InChI=1S/C19H22N2O2S/c1-23-14-2-3-15-13(10-14)11-16(24-15)18(22)20-17-12-4-8-21(9-5-12)19(17)6-7-19/h2-3,10-12,17H,4-9H2,1H3,(H,20,22)/t17-/m1/s1. The Kier molecular flexibility index (Phi) is 3.19. The number of amides is 1. The number of fused-ring (bicyclic) bond motifs is 3. The summed E-state index contributed by atoms with van der Waals surface area (Å²) in [5, 5.41) is 4.49. The summed E-state index contributed by atoms with van der Waals surface area (Å²) in [5.74, 6) is 1.60. The van der Waals surface area contributed by atoms with E-state index in [0.29, 0.717) is 12.0 Å². The van der Waals surface area contributed by atoms with Gasteiger partial charge < -0.3 is 10.1 Å². The summed E-state index contributed by atoms with van der Waals surface area (Å²) >= 11 is 1.57. The number of benzene rings is 1. The Balaban J connectivity index is 1.40. The van der Waals surface area contributed by atoms with Gasteiger partial charge in [-0.25, -0.2) is 0 Å². The fraction of sp³-hybridized carbons (Fsp3) is 0.526. The maximum absolute atomic E-state index is 12.9. The molecule has 2 aromatic rings. The van der Waals surface area contributed by atoms with Crippen LogP contribution in [0.1, 0.15) is 35.4 Å². The topological polar surface area (TPSA) is 41.6 Å². The molecule has 1 amide bonds. The number of nitrogens with zero attached hydrogens (tertiary/aromatic N) is 1. The fourth-order valence-electron chi connectivity index (χ4n) is 4.79. The SMILES string of the molecule is COc1ccc2sc(C(=O)N[C@@H]3C4CCN(CC4)C34CC4)cc2c1. The van der Waals surface area contributed by atoms with Gasteiger partial charge in [0.25, 0.3) is 5.91 Å². The Morgan fingerprint density at radius 3 is 2.79 bits per heavy atom. The molecule has 2 bridgehead atoms. The minimum absolute atomic E-state index is 0.0974. The molecule has 4 heterocycles. The third-order valence-electron chi connectivity index (χ3n) is 6.22. The van der Waals surface area contributed by atoms with Crippen LogP contribution >= 0.6 is 11.3 Å². The largest absolute Gasteiger partial charge is 0.497 e. The second kappa shape index (κ2) is 5.20. The number of hydrogen-bond acceptors (Lipinski definition) is 4. The summed E-state index contributed by atoms with van der Waals surface area (Å²) in [7, 11) is 1.67. The van der Waals surface area contributed by atoms with Crippen molar-refractivity contribution in [3.63, 3.8) is 0 Å². The van der Waals surface area contributed by atoms with Crippen LogP contribution in [-0.2, 0) is 0 Å². The van der Waals surface area contributed by atoms with Crippen molar-refractivity contribution in [3.05, 3.63) is 29.1 Å². The lowest BCUT2D eigenvalue weighted by atomic mass is 9.77. The van der Waals surface area contributed by atoms with Crippen molar-refractivity contribution in [1.29, 1.82) is 0 Å². The molecule has 1 N–H and O–H groups in total. The van der Waals surface area contributed by atoms with Gasteiger partial charge in [0.2, 0.25) is 0 Å². The minimum atomic E-state index is 0.0974. The first-order valence-electron chi connectivity index (χ1n) is 8.83. The van der Waals surface area contributed by atoms with Crippen LogP contribution in [0.2, 0.25) is 0 Å². The van der Waals surface area contributed by atoms with E-state index in [1.165, 1.54) is 38.8 Å². The smallest absolute Gasteiger partial charge is 0.261 e. The monoisotopic (exact) mass is 342 g/mol. The van der Waals surface area contributed by atoms with E-state index in [9.17, 15) is 4.79 Å². The molecule has 4 nitrogen and oxygen atoms in total. The number of ether oxygens (including phenoxy) is 1. The van der Waals surface area contributed by atoms with Crippen LogP contribution in [0.5, 0.6) is 5.75 Å². The van der Waals surface area contributed by atoms with Crippen molar-refractivity contribution >= 4 is 27.3 Å². The third kappa shape index (κ3) is 2.11. The predicted octanol–water partition coefficient (Wildman–Crippen LogP) is 3.27. The van der Waals surface area contributed by atoms with Crippen molar-refractivity contribution in [1.82, 2.24) is 10.2 Å². The highest BCUT2D eigenvalue weighted by atomic mass is 32.1. The minimum Gasteiger partial charge on any atom is -0.497 e. The molecule has 3 saturated heterocycles. The van der Waals surface area contributed by atoms with Gasteiger partial charge >= 0.3 is 0 Å². The zero-order valence-corrected chi connectivity index (χ0v) is 14.7. The van der Waals surface area contributed by atoms with Crippen molar-refractivity contribution in [2.45, 2.75) is 37.3 Å². The first-order chi connectivity index (χ1) is 11.7. The number of rotatable bonds is 3. The molecule has 4 aliphatic rings. The van der Waals surface area contributed by atoms with Gasteiger partial charge in [-0.05, 0) is 74.3 Å². The molecule has 5 heteroatoms. The number of methoxy groups -OCH3 is 1. The van der Waals surface area contributed by atoms with E-state index in [-0.39, 0.29) is 11.4 Å². The normalized spacial score (nSPS) is 29.8. The highest BCUT2D eigenvalue weighted by Crippen LogP contribution is 2.53. The van der Waals surface area contributed by atoms with Gasteiger partial charge in [-0.2, -0.15) is 0 Å². The predicted molar refractivity (Wildman–Crippen MR) is 95.9 cm³/mol. The van der Waals surface area contributed by atoms with Crippen LogP contribution in [0, 0.1) is 5.92 Å². The summed E-state index contributed by atoms with van der Waals surface area (Å²) < 4.78 is 6.42.